The van der Waals surface area contributed by atoms with Crippen molar-refractivity contribution in [2.75, 3.05) is 0 Å². The lowest BCUT2D eigenvalue weighted by Crippen LogP contribution is -2.53. The summed E-state index contributed by atoms with van der Waals surface area (Å²) in [6.07, 6.45) is 43.4. The molecule has 3 atom stereocenters. The molecule has 0 aromatic heterocycles. The zero-order valence-electron chi connectivity index (χ0n) is 24.5. The first-order chi connectivity index (χ1) is 18.3. The fourth-order valence-electron chi connectivity index (χ4n) is 10.7. The molecule has 3 unspecified atom stereocenters. The summed E-state index contributed by atoms with van der Waals surface area (Å²) in [5.41, 5.74) is 0. The quantitative estimate of drug-likeness (QED) is 0.323. The third kappa shape index (κ3) is 6.89. The summed E-state index contributed by atoms with van der Waals surface area (Å²) >= 11 is 0. The van der Waals surface area contributed by atoms with E-state index < -0.39 is 0 Å². The third-order valence-electron chi connectivity index (χ3n) is 12.9. The molecule has 6 saturated carbocycles. The highest BCUT2D eigenvalue weighted by Gasteiger charge is 2.40. The second-order valence-corrected chi connectivity index (χ2v) is 15.0. The monoisotopic (exact) mass is 507 g/mol. The summed E-state index contributed by atoms with van der Waals surface area (Å²) < 4.78 is 0. The van der Waals surface area contributed by atoms with Crippen LogP contribution in [0.25, 0.3) is 0 Å². The molecule has 1 heteroatoms. The van der Waals surface area contributed by atoms with Crippen LogP contribution in [0, 0.1) is 35.5 Å². The molecule has 210 valence electrons. The summed E-state index contributed by atoms with van der Waals surface area (Å²) in [6, 6.07) is 2.76. The van der Waals surface area contributed by atoms with E-state index in [1.54, 1.807) is 38.5 Å². The van der Waals surface area contributed by atoms with Crippen molar-refractivity contribution in [3.63, 3.8) is 0 Å². The van der Waals surface area contributed by atoms with Gasteiger partial charge in [0.2, 0.25) is 0 Å². The molecule has 0 aromatic carbocycles. The maximum atomic E-state index is 3.22. The van der Waals surface area contributed by atoms with Crippen LogP contribution in [0.2, 0.25) is 0 Å². The van der Waals surface area contributed by atoms with Crippen LogP contribution in [-0.4, -0.2) is 23.0 Å². The topological polar surface area (TPSA) is 3.24 Å². The highest BCUT2D eigenvalue weighted by Crippen LogP contribution is 2.45. The summed E-state index contributed by atoms with van der Waals surface area (Å²) in [7, 11) is 0. The number of fused-ring (bicyclic) bond motifs is 1. The standard InChI is InChI=1S/C36H61N/c1-3-9-30(10-4-1)32-21-17-28(18-22-32)15-16-29-19-24-35(25-20-29)37(34-13-5-2-6-14-34)36-26-23-31-11-7-8-12-33(31)27-36/h15-16,28-36H,1-14,17-27H2. The van der Waals surface area contributed by atoms with Gasteiger partial charge in [0.05, 0.1) is 0 Å². The van der Waals surface area contributed by atoms with Gasteiger partial charge in [0.15, 0.2) is 0 Å². The highest BCUT2D eigenvalue weighted by atomic mass is 15.2. The van der Waals surface area contributed by atoms with Crippen LogP contribution in [0.15, 0.2) is 12.2 Å². The second-order valence-electron chi connectivity index (χ2n) is 15.0. The van der Waals surface area contributed by atoms with Gasteiger partial charge in [-0.05, 0) is 119 Å². The summed E-state index contributed by atoms with van der Waals surface area (Å²) in [5.74, 6) is 6.13. The van der Waals surface area contributed by atoms with Crippen LogP contribution < -0.4 is 0 Å². The van der Waals surface area contributed by atoms with E-state index in [1.165, 1.54) is 122 Å². The molecular formula is C36H61N. The Bertz CT molecular complexity index is 683. The van der Waals surface area contributed by atoms with Crippen molar-refractivity contribution in [2.24, 2.45) is 35.5 Å². The van der Waals surface area contributed by atoms with Gasteiger partial charge in [-0.2, -0.15) is 0 Å². The van der Waals surface area contributed by atoms with E-state index in [1.807, 2.05) is 0 Å². The van der Waals surface area contributed by atoms with Crippen LogP contribution in [0.4, 0.5) is 0 Å². The van der Waals surface area contributed by atoms with E-state index in [2.05, 4.69) is 17.1 Å². The molecular weight excluding hydrogens is 446 g/mol. The van der Waals surface area contributed by atoms with E-state index in [0.717, 1.165) is 53.6 Å². The predicted octanol–water partition coefficient (Wildman–Crippen LogP) is 10.5. The summed E-state index contributed by atoms with van der Waals surface area (Å²) in [5, 5.41) is 0. The zero-order chi connectivity index (χ0) is 24.9. The molecule has 1 nitrogen and oxygen atoms in total. The van der Waals surface area contributed by atoms with Crippen molar-refractivity contribution >= 4 is 0 Å². The van der Waals surface area contributed by atoms with Gasteiger partial charge in [0.1, 0.15) is 0 Å². The van der Waals surface area contributed by atoms with Gasteiger partial charge in [-0.15, -0.1) is 0 Å². The van der Waals surface area contributed by atoms with Gasteiger partial charge < -0.3 is 0 Å². The van der Waals surface area contributed by atoms with Gasteiger partial charge in [-0.3, -0.25) is 4.90 Å². The van der Waals surface area contributed by atoms with E-state index in [0.29, 0.717) is 0 Å². The van der Waals surface area contributed by atoms with Crippen molar-refractivity contribution in [3.8, 4) is 0 Å². The summed E-state index contributed by atoms with van der Waals surface area (Å²) in [4.78, 5) is 3.22. The molecule has 0 saturated heterocycles. The van der Waals surface area contributed by atoms with Crippen molar-refractivity contribution in [1.82, 2.24) is 4.90 Å². The van der Waals surface area contributed by atoms with Crippen LogP contribution >= 0.6 is 0 Å². The Morgan fingerprint density at radius 2 is 0.730 bits per heavy atom. The fourth-order valence-corrected chi connectivity index (χ4v) is 10.7. The molecule has 6 aliphatic rings. The number of hydrogen-bond donors (Lipinski definition) is 0. The Labute approximate surface area is 231 Å². The van der Waals surface area contributed by atoms with Gasteiger partial charge in [0.25, 0.3) is 0 Å². The zero-order valence-corrected chi connectivity index (χ0v) is 24.5. The first-order valence-corrected chi connectivity index (χ1v) is 17.8. The third-order valence-corrected chi connectivity index (χ3v) is 12.9. The van der Waals surface area contributed by atoms with Crippen molar-refractivity contribution in [2.45, 2.75) is 179 Å². The lowest BCUT2D eigenvalue weighted by Gasteiger charge is -2.51. The molecule has 6 fully saturated rings. The Morgan fingerprint density at radius 3 is 1.38 bits per heavy atom. The number of rotatable bonds is 6. The van der Waals surface area contributed by atoms with Gasteiger partial charge in [-0.1, -0.05) is 89.2 Å². The molecule has 0 aliphatic heterocycles. The van der Waals surface area contributed by atoms with Gasteiger partial charge >= 0.3 is 0 Å². The Hall–Kier alpha value is -0.300. The van der Waals surface area contributed by atoms with Crippen LogP contribution in [0.1, 0.15) is 161 Å². The molecule has 37 heavy (non-hydrogen) atoms. The lowest BCUT2D eigenvalue weighted by molar-refractivity contribution is -0.00892. The Morgan fingerprint density at radius 1 is 0.324 bits per heavy atom. The lowest BCUT2D eigenvalue weighted by atomic mass is 9.68. The highest BCUT2D eigenvalue weighted by molar-refractivity contribution is 5.00. The molecule has 6 rings (SSSR count). The van der Waals surface area contributed by atoms with Crippen molar-refractivity contribution in [1.29, 1.82) is 0 Å². The fraction of sp³-hybridized carbons (Fsp3) is 0.944. The van der Waals surface area contributed by atoms with Crippen LogP contribution in [-0.2, 0) is 0 Å². The predicted molar refractivity (Wildman–Crippen MR) is 159 cm³/mol. The molecule has 0 spiro atoms. The van der Waals surface area contributed by atoms with E-state index in [9.17, 15) is 0 Å². The maximum absolute atomic E-state index is 3.22. The average Bonchev–Trinajstić information content (AvgIpc) is 2.98. The largest absolute Gasteiger partial charge is 0.294 e. The molecule has 0 bridgehead atoms. The first kappa shape index (κ1) is 26.9. The SMILES string of the molecule is C(=CC1CCC(N(C2CCCCC2)C2CCC3CCCCC3C2)CC1)C1CCC(C2CCCCC2)CC1. The first-order valence-electron chi connectivity index (χ1n) is 17.8. The van der Waals surface area contributed by atoms with Gasteiger partial charge in [0, 0.05) is 18.1 Å². The molecule has 0 amide bonds. The van der Waals surface area contributed by atoms with E-state index in [-0.39, 0.29) is 0 Å². The molecule has 6 aliphatic carbocycles. The number of allylic oxidation sites excluding steroid dienone is 2. The van der Waals surface area contributed by atoms with Crippen LogP contribution in [0.5, 0.6) is 0 Å². The Balaban J connectivity index is 0.998. The van der Waals surface area contributed by atoms with Crippen molar-refractivity contribution in [3.05, 3.63) is 12.2 Å². The van der Waals surface area contributed by atoms with E-state index >= 15 is 0 Å². The van der Waals surface area contributed by atoms with E-state index in [4.69, 9.17) is 0 Å². The van der Waals surface area contributed by atoms with Crippen molar-refractivity contribution < 1.29 is 0 Å². The normalized spacial score (nSPS) is 41.2. The minimum atomic E-state index is 0.884. The smallest absolute Gasteiger partial charge is 0.0104 e. The van der Waals surface area contributed by atoms with Crippen LogP contribution in [0.3, 0.4) is 0 Å². The molecule has 0 heterocycles. The second kappa shape index (κ2) is 13.4. The number of hydrogen-bond acceptors (Lipinski definition) is 1. The molecule has 0 N–H and O–H groups in total. The minimum absolute atomic E-state index is 0.884. The average molecular weight is 508 g/mol. The molecule has 0 radical (unpaired) electrons. The van der Waals surface area contributed by atoms with Gasteiger partial charge in [-0.25, -0.2) is 0 Å². The Kier molecular flexibility index (Phi) is 9.72. The maximum Gasteiger partial charge on any atom is 0.0104 e. The minimum Gasteiger partial charge on any atom is -0.294 e. The summed E-state index contributed by atoms with van der Waals surface area (Å²) in [6.45, 7) is 0. The molecule has 0 aromatic rings. The number of nitrogens with zero attached hydrogens (tertiary/aromatic N) is 1.